The van der Waals surface area contributed by atoms with Crippen molar-refractivity contribution in [3.8, 4) is 0 Å². The number of hydrogen-bond donors (Lipinski definition) is 1. The maximum atomic E-state index is 14.1. The van der Waals surface area contributed by atoms with Gasteiger partial charge in [-0.1, -0.05) is 6.07 Å². The SMILES string of the molecule is C[C@@H](N)c1ccc(N(C)CC2CCCOC2)c(F)c1. The Morgan fingerprint density at radius 2 is 2.32 bits per heavy atom. The first-order chi connectivity index (χ1) is 9.08. The Kier molecular flexibility index (Phi) is 4.77. The molecule has 0 bridgehead atoms. The van der Waals surface area contributed by atoms with E-state index in [-0.39, 0.29) is 11.9 Å². The highest BCUT2D eigenvalue weighted by atomic mass is 19.1. The lowest BCUT2D eigenvalue weighted by molar-refractivity contribution is 0.0576. The summed E-state index contributed by atoms with van der Waals surface area (Å²) >= 11 is 0. The van der Waals surface area contributed by atoms with Crippen LogP contribution < -0.4 is 10.6 Å². The number of anilines is 1. The van der Waals surface area contributed by atoms with Crippen molar-refractivity contribution in [2.24, 2.45) is 11.7 Å². The first-order valence-corrected chi connectivity index (χ1v) is 6.92. The van der Waals surface area contributed by atoms with Crippen molar-refractivity contribution in [1.82, 2.24) is 0 Å². The molecule has 1 aromatic rings. The van der Waals surface area contributed by atoms with Gasteiger partial charge in [0.1, 0.15) is 5.82 Å². The third-order valence-corrected chi connectivity index (χ3v) is 3.70. The largest absolute Gasteiger partial charge is 0.381 e. The molecule has 0 aromatic heterocycles. The molecule has 1 fully saturated rings. The van der Waals surface area contributed by atoms with Gasteiger partial charge < -0.3 is 15.4 Å². The Morgan fingerprint density at radius 1 is 1.53 bits per heavy atom. The van der Waals surface area contributed by atoms with Crippen molar-refractivity contribution in [3.05, 3.63) is 29.6 Å². The van der Waals surface area contributed by atoms with Crippen LogP contribution in [0.5, 0.6) is 0 Å². The molecule has 0 amide bonds. The Balaban J connectivity index is 2.03. The Morgan fingerprint density at radius 3 is 2.89 bits per heavy atom. The number of nitrogens with two attached hydrogens (primary N) is 1. The zero-order chi connectivity index (χ0) is 13.8. The molecule has 2 rings (SSSR count). The van der Waals surface area contributed by atoms with E-state index in [4.69, 9.17) is 10.5 Å². The number of nitrogens with zero attached hydrogens (tertiary/aromatic N) is 1. The molecule has 1 heterocycles. The summed E-state index contributed by atoms with van der Waals surface area (Å²) in [6.07, 6.45) is 2.26. The summed E-state index contributed by atoms with van der Waals surface area (Å²) < 4.78 is 19.5. The summed E-state index contributed by atoms with van der Waals surface area (Å²) in [6, 6.07) is 5.11. The Bertz CT molecular complexity index is 417. The summed E-state index contributed by atoms with van der Waals surface area (Å²) in [6.45, 7) is 4.33. The van der Waals surface area contributed by atoms with Gasteiger partial charge in [-0.25, -0.2) is 4.39 Å². The Labute approximate surface area is 114 Å². The van der Waals surface area contributed by atoms with Crippen LogP contribution in [0.3, 0.4) is 0 Å². The van der Waals surface area contributed by atoms with Gasteiger partial charge in [-0.3, -0.25) is 0 Å². The predicted molar refractivity (Wildman–Crippen MR) is 75.8 cm³/mol. The molecule has 0 radical (unpaired) electrons. The van der Waals surface area contributed by atoms with Crippen LogP contribution in [0.4, 0.5) is 10.1 Å². The highest BCUT2D eigenvalue weighted by Gasteiger charge is 2.18. The average Bonchev–Trinajstić information content (AvgIpc) is 2.39. The van der Waals surface area contributed by atoms with Crippen LogP contribution in [-0.4, -0.2) is 26.8 Å². The maximum absolute atomic E-state index is 14.1. The minimum atomic E-state index is -0.200. The number of rotatable bonds is 4. The second-order valence-electron chi connectivity index (χ2n) is 5.46. The molecule has 0 saturated carbocycles. The fourth-order valence-electron chi connectivity index (χ4n) is 2.55. The minimum Gasteiger partial charge on any atom is -0.381 e. The van der Waals surface area contributed by atoms with Crippen molar-refractivity contribution >= 4 is 5.69 Å². The van der Waals surface area contributed by atoms with Gasteiger partial charge in [0.25, 0.3) is 0 Å². The highest BCUT2D eigenvalue weighted by Crippen LogP contribution is 2.24. The van der Waals surface area contributed by atoms with Crippen LogP contribution >= 0.6 is 0 Å². The highest BCUT2D eigenvalue weighted by molar-refractivity contribution is 5.49. The molecule has 1 saturated heterocycles. The number of hydrogen-bond acceptors (Lipinski definition) is 3. The van der Waals surface area contributed by atoms with Gasteiger partial charge in [0.05, 0.1) is 12.3 Å². The van der Waals surface area contributed by atoms with Crippen LogP contribution in [0.1, 0.15) is 31.4 Å². The first-order valence-electron chi connectivity index (χ1n) is 6.92. The van der Waals surface area contributed by atoms with Crippen molar-refractivity contribution in [3.63, 3.8) is 0 Å². The smallest absolute Gasteiger partial charge is 0.146 e. The van der Waals surface area contributed by atoms with E-state index in [9.17, 15) is 4.39 Å². The molecule has 1 unspecified atom stereocenters. The summed E-state index contributed by atoms with van der Waals surface area (Å²) in [5.41, 5.74) is 7.22. The molecule has 0 aliphatic carbocycles. The van der Waals surface area contributed by atoms with Crippen LogP contribution in [0.25, 0.3) is 0 Å². The molecule has 2 N–H and O–H groups in total. The van der Waals surface area contributed by atoms with Gasteiger partial charge in [0, 0.05) is 26.2 Å². The molecule has 2 atom stereocenters. The zero-order valence-corrected chi connectivity index (χ0v) is 11.7. The summed E-state index contributed by atoms with van der Waals surface area (Å²) in [4.78, 5) is 1.97. The van der Waals surface area contributed by atoms with Gasteiger partial charge in [0.15, 0.2) is 0 Å². The van der Waals surface area contributed by atoms with E-state index in [1.807, 2.05) is 31.0 Å². The molecule has 4 heteroatoms. The maximum Gasteiger partial charge on any atom is 0.146 e. The lowest BCUT2D eigenvalue weighted by Gasteiger charge is -2.28. The monoisotopic (exact) mass is 266 g/mol. The summed E-state index contributed by atoms with van der Waals surface area (Å²) in [5.74, 6) is 0.292. The fraction of sp³-hybridized carbons (Fsp3) is 0.600. The van der Waals surface area contributed by atoms with E-state index in [0.717, 1.165) is 38.2 Å². The van der Waals surface area contributed by atoms with E-state index < -0.39 is 0 Å². The Hall–Kier alpha value is -1.13. The van der Waals surface area contributed by atoms with Gasteiger partial charge >= 0.3 is 0 Å². The van der Waals surface area contributed by atoms with Crippen molar-refractivity contribution < 1.29 is 9.13 Å². The van der Waals surface area contributed by atoms with Gasteiger partial charge in [-0.05, 0) is 43.4 Å². The molecule has 106 valence electrons. The summed E-state index contributed by atoms with van der Waals surface area (Å²) in [7, 11) is 1.93. The third-order valence-electron chi connectivity index (χ3n) is 3.70. The van der Waals surface area contributed by atoms with Crippen LogP contribution in [0.15, 0.2) is 18.2 Å². The molecule has 1 aromatic carbocycles. The van der Waals surface area contributed by atoms with E-state index in [1.165, 1.54) is 6.07 Å². The number of halogens is 1. The van der Waals surface area contributed by atoms with Crippen LogP contribution in [0.2, 0.25) is 0 Å². The number of ether oxygens (including phenoxy) is 1. The third kappa shape index (κ3) is 3.67. The second kappa shape index (κ2) is 6.35. The van der Waals surface area contributed by atoms with E-state index >= 15 is 0 Å². The predicted octanol–water partition coefficient (Wildman–Crippen LogP) is 2.71. The normalized spacial score (nSPS) is 21.2. The second-order valence-corrected chi connectivity index (χ2v) is 5.46. The molecular formula is C15H23FN2O. The molecule has 19 heavy (non-hydrogen) atoms. The molecule has 1 aliphatic heterocycles. The van der Waals surface area contributed by atoms with E-state index in [0.29, 0.717) is 11.6 Å². The lowest BCUT2D eigenvalue weighted by Crippen LogP contribution is -2.31. The first kappa shape index (κ1) is 14.3. The summed E-state index contributed by atoms with van der Waals surface area (Å²) in [5, 5.41) is 0. The lowest BCUT2D eigenvalue weighted by atomic mass is 10.0. The van der Waals surface area contributed by atoms with Crippen LogP contribution in [-0.2, 0) is 4.74 Å². The van der Waals surface area contributed by atoms with E-state index in [1.54, 1.807) is 0 Å². The van der Waals surface area contributed by atoms with Crippen LogP contribution in [0, 0.1) is 11.7 Å². The van der Waals surface area contributed by atoms with Crippen molar-refractivity contribution in [2.45, 2.75) is 25.8 Å². The topological polar surface area (TPSA) is 38.5 Å². The van der Waals surface area contributed by atoms with Gasteiger partial charge in [-0.15, -0.1) is 0 Å². The van der Waals surface area contributed by atoms with Gasteiger partial charge in [-0.2, -0.15) is 0 Å². The quantitative estimate of drug-likeness (QED) is 0.910. The van der Waals surface area contributed by atoms with Crippen molar-refractivity contribution in [1.29, 1.82) is 0 Å². The average molecular weight is 266 g/mol. The molecule has 3 nitrogen and oxygen atoms in total. The molecular weight excluding hydrogens is 243 g/mol. The molecule has 0 spiro atoms. The minimum absolute atomic E-state index is 0.138. The van der Waals surface area contributed by atoms with Crippen molar-refractivity contribution in [2.75, 3.05) is 31.7 Å². The number of benzene rings is 1. The molecule has 1 aliphatic rings. The zero-order valence-electron chi connectivity index (χ0n) is 11.7. The standard InChI is InChI=1S/C15H23FN2O/c1-11(17)13-5-6-15(14(16)8-13)18(2)9-12-4-3-7-19-10-12/h5-6,8,11-12H,3-4,7,9-10,17H2,1-2H3/t11-,12?/m1/s1. The van der Waals surface area contributed by atoms with E-state index in [2.05, 4.69) is 0 Å². The van der Waals surface area contributed by atoms with Gasteiger partial charge in [0.2, 0.25) is 0 Å². The fourth-order valence-corrected chi connectivity index (χ4v) is 2.55.